The second-order valence-electron chi connectivity index (χ2n) is 4.73. The van der Waals surface area contributed by atoms with Crippen molar-refractivity contribution in [3.63, 3.8) is 0 Å². The molecule has 1 saturated carbocycles. The first kappa shape index (κ1) is 13.3. The standard InChI is InChI=1S/C15H18BrNO/c16-13-6-4-5-12(11-13)9-10-15(18)17-14-7-2-1-3-8-14/h4-6,9-11,14H,1-3,7-8H2,(H,17,18)/b10-9-. The van der Waals surface area contributed by atoms with E-state index in [1.54, 1.807) is 6.08 Å². The van der Waals surface area contributed by atoms with E-state index >= 15 is 0 Å². The molecule has 0 saturated heterocycles. The Balaban J connectivity index is 1.86. The molecular weight excluding hydrogens is 290 g/mol. The van der Waals surface area contributed by atoms with Gasteiger partial charge in [-0.15, -0.1) is 0 Å². The highest BCUT2D eigenvalue weighted by Crippen LogP contribution is 2.17. The van der Waals surface area contributed by atoms with Crippen molar-refractivity contribution in [2.24, 2.45) is 0 Å². The SMILES string of the molecule is O=C(/C=C\c1cccc(Br)c1)NC1CCCCC1. The second kappa shape index (κ2) is 6.74. The molecule has 1 aromatic carbocycles. The van der Waals surface area contributed by atoms with Crippen LogP contribution in [0.5, 0.6) is 0 Å². The molecule has 0 unspecified atom stereocenters. The lowest BCUT2D eigenvalue weighted by Crippen LogP contribution is -2.34. The summed E-state index contributed by atoms with van der Waals surface area (Å²) in [6, 6.07) is 8.28. The van der Waals surface area contributed by atoms with E-state index in [1.165, 1.54) is 19.3 Å². The van der Waals surface area contributed by atoms with Crippen LogP contribution in [-0.2, 0) is 4.79 Å². The zero-order chi connectivity index (χ0) is 12.8. The van der Waals surface area contributed by atoms with Gasteiger partial charge in [-0.25, -0.2) is 0 Å². The first-order chi connectivity index (χ1) is 8.74. The van der Waals surface area contributed by atoms with Crippen LogP contribution >= 0.6 is 15.9 Å². The van der Waals surface area contributed by atoms with Gasteiger partial charge in [0.15, 0.2) is 0 Å². The van der Waals surface area contributed by atoms with Crippen molar-refractivity contribution in [1.29, 1.82) is 0 Å². The second-order valence-corrected chi connectivity index (χ2v) is 5.65. The van der Waals surface area contributed by atoms with Gasteiger partial charge in [0.1, 0.15) is 0 Å². The summed E-state index contributed by atoms with van der Waals surface area (Å²) in [6.07, 6.45) is 9.49. The Labute approximate surface area is 117 Å². The van der Waals surface area contributed by atoms with Gasteiger partial charge < -0.3 is 5.32 Å². The number of carbonyl (C=O) groups is 1. The average molecular weight is 308 g/mol. The third-order valence-corrected chi connectivity index (χ3v) is 3.72. The number of rotatable bonds is 3. The van der Waals surface area contributed by atoms with Crippen LogP contribution in [0.1, 0.15) is 37.7 Å². The minimum absolute atomic E-state index is 0.0156. The Morgan fingerprint density at radius 3 is 2.78 bits per heavy atom. The maximum atomic E-state index is 11.8. The van der Waals surface area contributed by atoms with E-state index < -0.39 is 0 Å². The summed E-state index contributed by atoms with van der Waals surface area (Å²) >= 11 is 3.41. The van der Waals surface area contributed by atoms with E-state index in [2.05, 4.69) is 21.2 Å². The molecule has 1 N–H and O–H groups in total. The van der Waals surface area contributed by atoms with Crippen LogP contribution in [0.3, 0.4) is 0 Å². The largest absolute Gasteiger partial charge is 0.350 e. The third-order valence-electron chi connectivity index (χ3n) is 3.23. The molecule has 0 heterocycles. The predicted molar refractivity (Wildman–Crippen MR) is 78.2 cm³/mol. The first-order valence-corrected chi connectivity index (χ1v) is 7.27. The van der Waals surface area contributed by atoms with E-state index in [0.29, 0.717) is 6.04 Å². The van der Waals surface area contributed by atoms with Gasteiger partial charge in [0, 0.05) is 16.6 Å². The summed E-state index contributed by atoms with van der Waals surface area (Å²) in [5.74, 6) is 0.0156. The number of hydrogen-bond acceptors (Lipinski definition) is 1. The topological polar surface area (TPSA) is 29.1 Å². The molecule has 1 aliphatic carbocycles. The normalized spacial score (nSPS) is 16.9. The van der Waals surface area contributed by atoms with Crippen molar-refractivity contribution in [2.45, 2.75) is 38.1 Å². The zero-order valence-electron chi connectivity index (χ0n) is 10.4. The average Bonchev–Trinajstić information content (AvgIpc) is 2.38. The molecular formula is C15H18BrNO. The van der Waals surface area contributed by atoms with Crippen molar-refractivity contribution < 1.29 is 4.79 Å². The Kier molecular flexibility index (Phi) is 5.00. The zero-order valence-corrected chi connectivity index (χ0v) is 11.9. The Bertz CT molecular complexity index is 436. The molecule has 0 atom stereocenters. The molecule has 1 aromatic rings. The molecule has 1 aliphatic rings. The molecule has 3 heteroatoms. The molecule has 0 bridgehead atoms. The van der Waals surface area contributed by atoms with Crippen molar-refractivity contribution in [3.8, 4) is 0 Å². The number of carbonyl (C=O) groups excluding carboxylic acids is 1. The number of halogens is 1. The fraction of sp³-hybridized carbons (Fsp3) is 0.400. The maximum absolute atomic E-state index is 11.8. The molecule has 0 spiro atoms. The van der Waals surface area contributed by atoms with Crippen LogP contribution < -0.4 is 5.32 Å². The van der Waals surface area contributed by atoms with Crippen molar-refractivity contribution >= 4 is 27.9 Å². The third kappa shape index (κ3) is 4.30. The lowest BCUT2D eigenvalue weighted by atomic mass is 9.95. The summed E-state index contributed by atoms with van der Waals surface area (Å²) < 4.78 is 1.03. The number of benzene rings is 1. The maximum Gasteiger partial charge on any atom is 0.244 e. The summed E-state index contributed by atoms with van der Waals surface area (Å²) in [5, 5.41) is 3.07. The van der Waals surface area contributed by atoms with Gasteiger partial charge in [0.05, 0.1) is 0 Å². The van der Waals surface area contributed by atoms with Gasteiger partial charge in [-0.2, -0.15) is 0 Å². The highest BCUT2D eigenvalue weighted by molar-refractivity contribution is 9.10. The highest BCUT2D eigenvalue weighted by Gasteiger charge is 2.13. The molecule has 1 fully saturated rings. The molecule has 0 aromatic heterocycles. The molecule has 0 aliphatic heterocycles. The van der Waals surface area contributed by atoms with E-state index in [1.807, 2.05) is 30.3 Å². The van der Waals surface area contributed by atoms with Gasteiger partial charge in [-0.1, -0.05) is 47.3 Å². The number of nitrogens with one attached hydrogen (secondary N) is 1. The van der Waals surface area contributed by atoms with E-state index in [9.17, 15) is 4.79 Å². The Hall–Kier alpha value is -1.09. The van der Waals surface area contributed by atoms with Gasteiger partial charge in [0.25, 0.3) is 0 Å². The summed E-state index contributed by atoms with van der Waals surface area (Å²) in [7, 11) is 0. The van der Waals surface area contributed by atoms with E-state index in [0.717, 1.165) is 22.9 Å². The van der Waals surface area contributed by atoms with E-state index in [4.69, 9.17) is 0 Å². The van der Waals surface area contributed by atoms with E-state index in [-0.39, 0.29) is 5.91 Å². The van der Waals surface area contributed by atoms with Crippen LogP contribution in [0.2, 0.25) is 0 Å². The molecule has 96 valence electrons. The Morgan fingerprint density at radius 2 is 2.06 bits per heavy atom. The lowest BCUT2D eigenvalue weighted by Gasteiger charge is -2.21. The van der Waals surface area contributed by atoms with Crippen molar-refractivity contribution in [1.82, 2.24) is 5.32 Å². The van der Waals surface area contributed by atoms with Crippen LogP contribution in [0.4, 0.5) is 0 Å². The van der Waals surface area contributed by atoms with Crippen molar-refractivity contribution in [3.05, 3.63) is 40.4 Å². The van der Waals surface area contributed by atoms with Crippen LogP contribution in [0, 0.1) is 0 Å². The van der Waals surface area contributed by atoms with Gasteiger partial charge in [-0.05, 0) is 36.6 Å². The fourth-order valence-corrected chi connectivity index (χ4v) is 2.70. The summed E-state index contributed by atoms with van der Waals surface area (Å²) in [4.78, 5) is 11.8. The molecule has 0 radical (unpaired) electrons. The first-order valence-electron chi connectivity index (χ1n) is 6.48. The lowest BCUT2D eigenvalue weighted by molar-refractivity contribution is -0.117. The summed E-state index contributed by atoms with van der Waals surface area (Å²) in [6.45, 7) is 0. The molecule has 2 rings (SSSR count). The molecule has 18 heavy (non-hydrogen) atoms. The Morgan fingerprint density at radius 1 is 1.28 bits per heavy atom. The predicted octanol–water partition coefficient (Wildman–Crippen LogP) is 3.91. The highest BCUT2D eigenvalue weighted by atomic mass is 79.9. The minimum atomic E-state index is 0.0156. The monoisotopic (exact) mass is 307 g/mol. The number of hydrogen-bond donors (Lipinski definition) is 1. The van der Waals surface area contributed by atoms with Gasteiger partial charge in [0.2, 0.25) is 5.91 Å². The molecule has 1 amide bonds. The fourth-order valence-electron chi connectivity index (χ4n) is 2.28. The van der Waals surface area contributed by atoms with Crippen LogP contribution in [0.15, 0.2) is 34.8 Å². The number of amides is 1. The van der Waals surface area contributed by atoms with Gasteiger partial charge >= 0.3 is 0 Å². The molecule has 2 nitrogen and oxygen atoms in total. The van der Waals surface area contributed by atoms with Crippen molar-refractivity contribution in [2.75, 3.05) is 0 Å². The smallest absolute Gasteiger partial charge is 0.244 e. The quantitative estimate of drug-likeness (QED) is 0.843. The van der Waals surface area contributed by atoms with Crippen LogP contribution in [0.25, 0.3) is 6.08 Å². The van der Waals surface area contributed by atoms with Crippen LogP contribution in [-0.4, -0.2) is 11.9 Å². The summed E-state index contributed by atoms with van der Waals surface area (Å²) in [5.41, 5.74) is 1.03. The van der Waals surface area contributed by atoms with Gasteiger partial charge in [-0.3, -0.25) is 4.79 Å². The minimum Gasteiger partial charge on any atom is -0.350 e.